The molecule has 1 aliphatic heterocycles. The Morgan fingerprint density at radius 1 is 1.27 bits per heavy atom. The minimum Gasteiger partial charge on any atom is -0.358 e. The molecule has 0 unspecified atom stereocenters. The Balaban J connectivity index is 1.49. The van der Waals surface area contributed by atoms with E-state index in [1.165, 1.54) is 46.6 Å². The number of hydrogen-bond acceptors (Lipinski definition) is 3. The molecule has 1 aliphatic rings. The summed E-state index contributed by atoms with van der Waals surface area (Å²) in [5.41, 5.74) is 7.76. The Bertz CT molecular complexity index is 1050. The van der Waals surface area contributed by atoms with Crippen LogP contribution in [0.3, 0.4) is 0 Å². The number of hydroxylamine groups is 1. The van der Waals surface area contributed by atoms with Gasteiger partial charge in [-0.1, -0.05) is 42.5 Å². The lowest BCUT2D eigenvalue weighted by molar-refractivity contribution is -0.124. The molecule has 30 heavy (non-hydrogen) atoms. The molecule has 0 spiro atoms. The summed E-state index contributed by atoms with van der Waals surface area (Å²) in [6.45, 7) is 5.58. The van der Waals surface area contributed by atoms with E-state index in [1.807, 2.05) is 12.1 Å². The standard InChI is InChI=1S/C25H29N3O2/c1-17-23(22-7-3-4-8-24(22)26-17)16-21-6-5-15-28(21)18(2)20-12-9-19(10-13-20)11-14-25(29)27-30/h3-4,7-14,18,21,26,30H,5-6,15-16H2,1-2H3,(H,27,29)/t18-,21-/m1/s1. The molecule has 1 aromatic heterocycles. The van der Waals surface area contributed by atoms with Gasteiger partial charge in [-0.05, 0) is 68.5 Å². The highest BCUT2D eigenvalue weighted by molar-refractivity contribution is 5.90. The molecule has 5 nitrogen and oxygen atoms in total. The van der Waals surface area contributed by atoms with Crippen LogP contribution in [0.15, 0.2) is 54.6 Å². The maximum atomic E-state index is 11.1. The van der Waals surface area contributed by atoms with Crippen molar-refractivity contribution >= 4 is 22.9 Å². The summed E-state index contributed by atoms with van der Waals surface area (Å²) in [5, 5.41) is 9.93. The first kappa shape index (κ1) is 20.4. The van der Waals surface area contributed by atoms with E-state index in [1.54, 1.807) is 11.6 Å². The van der Waals surface area contributed by atoms with Gasteiger partial charge in [-0.25, -0.2) is 5.48 Å². The highest BCUT2D eigenvalue weighted by atomic mass is 16.5. The van der Waals surface area contributed by atoms with Gasteiger partial charge < -0.3 is 4.98 Å². The number of aromatic nitrogens is 1. The average Bonchev–Trinajstić information content (AvgIpc) is 3.36. The molecule has 4 rings (SSSR count). The molecule has 0 saturated carbocycles. The second kappa shape index (κ2) is 8.86. The first-order valence-electron chi connectivity index (χ1n) is 10.6. The van der Waals surface area contributed by atoms with E-state index in [-0.39, 0.29) is 0 Å². The van der Waals surface area contributed by atoms with Gasteiger partial charge in [0.2, 0.25) is 0 Å². The number of amides is 1. The number of hydrogen-bond donors (Lipinski definition) is 3. The van der Waals surface area contributed by atoms with Crippen molar-refractivity contribution in [2.75, 3.05) is 6.54 Å². The van der Waals surface area contributed by atoms with Crippen LogP contribution < -0.4 is 5.48 Å². The van der Waals surface area contributed by atoms with Gasteiger partial charge >= 0.3 is 0 Å². The van der Waals surface area contributed by atoms with Crippen molar-refractivity contribution in [3.63, 3.8) is 0 Å². The summed E-state index contributed by atoms with van der Waals surface area (Å²) in [7, 11) is 0. The monoisotopic (exact) mass is 403 g/mol. The molecule has 156 valence electrons. The summed E-state index contributed by atoms with van der Waals surface area (Å²) >= 11 is 0. The van der Waals surface area contributed by atoms with Gasteiger partial charge in [0, 0.05) is 34.8 Å². The zero-order valence-corrected chi connectivity index (χ0v) is 17.6. The quantitative estimate of drug-likeness (QED) is 0.316. The zero-order valence-electron chi connectivity index (χ0n) is 17.6. The molecule has 2 aromatic carbocycles. The predicted octanol–water partition coefficient (Wildman–Crippen LogP) is 4.76. The van der Waals surface area contributed by atoms with E-state index < -0.39 is 5.91 Å². The second-order valence-corrected chi connectivity index (χ2v) is 8.16. The highest BCUT2D eigenvalue weighted by Gasteiger charge is 2.30. The number of para-hydroxylation sites is 1. The molecule has 0 radical (unpaired) electrons. The maximum absolute atomic E-state index is 11.1. The number of aryl methyl sites for hydroxylation is 1. The van der Waals surface area contributed by atoms with Crippen molar-refractivity contribution < 1.29 is 10.0 Å². The van der Waals surface area contributed by atoms with E-state index in [4.69, 9.17) is 5.21 Å². The molecule has 1 amide bonds. The van der Waals surface area contributed by atoms with Crippen molar-refractivity contribution in [2.45, 2.75) is 45.2 Å². The zero-order chi connectivity index (χ0) is 21.1. The molecule has 1 fully saturated rings. The van der Waals surface area contributed by atoms with Gasteiger partial charge in [0.25, 0.3) is 5.91 Å². The Hall–Kier alpha value is -2.89. The van der Waals surface area contributed by atoms with E-state index in [0.717, 1.165) is 18.5 Å². The van der Waals surface area contributed by atoms with Crippen LogP contribution in [0.25, 0.3) is 17.0 Å². The fraction of sp³-hybridized carbons (Fsp3) is 0.320. The Morgan fingerprint density at radius 2 is 2.03 bits per heavy atom. The maximum Gasteiger partial charge on any atom is 0.267 e. The van der Waals surface area contributed by atoms with Gasteiger partial charge in [0.15, 0.2) is 0 Å². The van der Waals surface area contributed by atoms with Gasteiger partial charge in [-0.3, -0.25) is 14.9 Å². The van der Waals surface area contributed by atoms with Crippen molar-refractivity contribution in [1.29, 1.82) is 0 Å². The first-order valence-corrected chi connectivity index (χ1v) is 10.6. The van der Waals surface area contributed by atoms with E-state index in [9.17, 15) is 4.79 Å². The number of nitrogens with one attached hydrogen (secondary N) is 2. The third-order valence-corrected chi connectivity index (χ3v) is 6.34. The number of carbonyl (C=O) groups is 1. The van der Waals surface area contributed by atoms with Gasteiger partial charge in [-0.15, -0.1) is 0 Å². The summed E-state index contributed by atoms with van der Waals surface area (Å²) in [4.78, 5) is 17.3. The second-order valence-electron chi connectivity index (χ2n) is 8.16. The number of aromatic amines is 1. The molecule has 2 atom stereocenters. The van der Waals surface area contributed by atoms with Crippen LogP contribution in [0.4, 0.5) is 0 Å². The van der Waals surface area contributed by atoms with E-state index >= 15 is 0 Å². The van der Waals surface area contributed by atoms with Gasteiger partial charge in [-0.2, -0.15) is 0 Å². The number of fused-ring (bicyclic) bond motifs is 1. The van der Waals surface area contributed by atoms with Crippen LogP contribution >= 0.6 is 0 Å². The minimum absolute atomic E-state index is 0.335. The van der Waals surface area contributed by atoms with Crippen molar-refractivity contribution in [3.8, 4) is 0 Å². The normalized spacial score (nSPS) is 18.3. The Labute approximate surface area is 177 Å². The third-order valence-electron chi connectivity index (χ3n) is 6.34. The van der Waals surface area contributed by atoms with Crippen LogP contribution in [0.5, 0.6) is 0 Å². The molecule has 0 bridgehead atoms. The van der Waals surface area contributed by atoms with Crippen LogP contribution in [-0.2, 0) is 11.2 Å². The molecule has 3 N–H and O–H groups in total. The number of nitrogens with zero attached hydrogens (tertiary/aromatic N) is 1. The predicted molar refractivity (Wildman–Crippen MR) is 120 cm³/mol. The Kier molecular flexibility index (Phi) is 6.02. The van der Waals surface area contributed by atoms with Crippen LogP contribution in [-0.4, -0.2) is 33.6 Å². The molecule has 2 heterocycles. The molecular weight excluding hydrogens is 374 g/mol. The Morgan fingerprint density at radius 3 is 2.80 bits per heavy atom. The molecule has 0 aliphatic carbocycles. The smallest absolute Gasteiger partial charge is 0.267 e. The fourth-order valence-electron chi connectivity index (χ4n) is 4.71. The number of benzene rings is 2. The molecular formula is C25H29N3O2. The highest BCUT2D eigenvalue weighted by Crippen LogP contribution is 2.33. The molecule has 1 saturated heterocycles. The summed E-state index contributed by atoms with van der Waals surface area (Å²) in [6.07, 6.45) is 6.53. The van der Waals surface area contributed by atoms with Crippen molar-refractivity contribution in [2.24, 2.45) is 0 Å². The molecule has 5 heteroatoms. The third kappa shape index (κ3) is 4.18. The van der Waals surface area contributed by atoms with Crippen molar-refractivity contribution in [1.82, 2.24) is 15.4 Å². The van der Waals surface area contributed by atoms with E-state index in [2.05, 4.69) is 60.1 Å². The fourth-order valence-corrected chi connectivity index (χ4v) is 4.71. The van der Waals surface area contributed by atoms with Crippen molar-refractivity contribution in [3.05, 3.63) is 77.0 Å². The number of rotatable bonds is 6. The van der Waals surface area contributed by atoms with E-state index in [0.29, 0.717) is 12.1 Å². The van der Waals surface area contributed by atoms with Gasteiger partial charge in [0.1, 0.15) is 0 Å². The SMILES string of the molecule is Cc1[nH]c2ccccc2c1C[C@H]1CCCN1[C@H](C)c1ccc(C=CC(=O)NO)cc1. The number of H-pyrrole nitrogens is 1. The summed E-state index contributed by atoms with van der Waals surface area (Å²) in [6, 6.07) is 17.7. The van der Waals surface area contributed by atoms with Crippen LogP contribution in [0, 0.1) is 6.92 Å². The first-order chi connectivity index (χ1) is 14.6. The summed E-state index contributed by atoms with van der Waals surface area (Å²) in [5.74, 6) is -0.528. The largest absolute Gasteiger partial charge is 0.358 e. The average molecular weight is 404 g/mol. The summed E-state index contributed by atoms with van der Waals surface area (Å²) < 4.78 is 0. The number of carbonyl (C=O) groups excluding carboxylic acids is 1. The lowest BCUT2D eigenvalue weighted by Crippen LogP contribution is -2.33. The van der Waals surface area contributed by atoms with Crippen LogP contribution in [0.2, 0.25) is 0 Å². The number of likely N-dealkylation sites (tertiary alicyclic amines) is 1. The van der Waals surface area contributed by atoms with Crippen LogP contribution in [0.1, 0.15) is 48.2 Å². The molecule has 3 aromatic rings. The van der Waals surface area contributed by atoms with Gasteiger partial charge in [0.05, 0.1) is 0 Å². The lowest BCUT2D eigenvalue weighted by Gasteiger charge is -2.31. The lowest BCUT2D eigenvalue weighted by atomic mass is 9.98. The minimum atomic E-state index is -0.528. The topological polar surface area (TPSA) is 68.4 Å².